The number of amides is 2. The normalized spacial score (nSPS) is 12.1. The highest BCUT2D eigenvalue weighted by Crippen LogP contribution is 2.23. The lowest BCUT2D eigenvalue weighted by atomic mass is 10.1. The van der Waals surface area contributed by atoms with Gasteiger partial charge in [-0.15, -0.1) is 0 Å². The fourth-order valence-electron chi connectivity index (χ4n) is 2.81. The Bertz CT molecular complexity index is 848. The van der Waals surface area contributed by atoms with Crippen LogP contribution in [0.2, 0.25) is 0 Å². The van der Waals surface area contributed by atoms with E-state index in [0.29, 0.717) is 0 Å². The van der Waals surface area contributed by atoms with Gasteiger partial charge in [0.1, 0.15) is 0 Å². The van der Waals surface area contributed by atoms with Crippen molar-refractivity contribution in [3.8, 4) is 0 Å². The summed E-state index contributed by atoms with van der Waals surface area (Å²) in [4.78, 5) is 12.3. The first kappa shape index (κ1) is 15.1. The molecule has 1 heterocycles. The molecule has 118 valence electrons. The van der Waals surface area contributed by atoms with Crippen molar-refractivity contribution in [2.24, 2.45) is 7.05 Å². The number of benzene rings is 2. The first-order chi connectivity index (χ1) is 11.0. The van der Waals surface area contributed by atoms with E-state index in [1.54, 1.807) is 4.68 Å². The number of hydrogen-bond acceptors (Lipinski definition) is 2. The Hall–Kier alpha value is -2.82. The van der Waals surface area contributed by atoms with Crippen molar-refractivity contribution in [1.29, 1.82) is 0 Å². The third-order valence-corrected chi connectivity index (χ3v) is 3.90. The molecule has 0 aliphatic heterocycles. The summed E-state index contributed by atoms with van der Waals surface area (Å²) in [5, 5.41) is 12.3. The Morgan fingerprint density at radius 1 is 1.17 bits per heavy atom. The molecule has 0 fully saturated rings. The number of fused-ring (bicyclic) bond motifs is 1. The van der Waals surface area contributed by atoms with E-state index in [0.717, 1.165) is 27.7 Å². The Kier molecular flexibility index (Phi) is 4.02. The summed E-state index contributed by atoms with van der Waals surface area (Å²) in [5.74, 6) is 0. The van der Waals surface area contributed by atoms with Gasteiger partial charge in [0.25, 0.3) is 0 Å². The molecule has 5 nitrogen and oxygen atoms in total. The third-order valence-electron chi connectivity index (χ3n) is 3.90. The van der Waals surface area contributed by atoms with Gasteiger partial charge in [0.05, 0.1) is 17.4 Å². The van der Waals surface area contributed by atoms with Crippen LogP contribution < -0.4 is 10.6 Å². The second kappa shape index (κ2) is 6.12. The molecule has 3 aromatic rings. The number of aromatic nitrogens is 2. The van der Waals surface area contributed by atoms with Crippen molar-refractivity contribution in [1.82, 2.24) is 15.1 Å². The Labute approximate surface area is 135 Å². The fourth-order valence-corrected chi connectivity index (χ4v) is 2.81. The van der Waals surface area contributed by atoms with Crippen molar-refractivity contribution in [3.63, 3.8) is 0 Å². The number of hydrogen-bond donors (Lipinski definition) is 2. The zero-order valence-electron chi connectivity index (χ0n) is 13.5. The van der Waals surface area contributed by atoms with Crippen molar-refractivity contribution >= 4 is 22.5 Å². The molecule has 0 spiro atoms. The predicted octanol–water partition coefficient (Wildman–Crippen LogP) is 3.76. The fraction of sp³-hybridized carbons (Fsp3) is 0.222. The molecule has 2 aromatic carbocycles. The van der Waals surface area contributed by atoms with Crippen LogP contribution >= 0.6 is 0 Å². The van der Waals surface area contributed by atoms with Gasteiger partial charge in [-0.2, -0.15) is 5.10 Å². The zero-order valence-corrected chi connectivity index (χ0v) is 13.5. The van der Waals surface area contributed by atoms with Gasteiger partial charge in [0.15, 0.2) is 0 Å². The lowest BCUT2D eigenvalue weighted by Crippen LogP contribution is -2.31. The summed E-state index contributed by atoms with van der Waals surface area (Å²) >= 11 is 0. The van der Waals surface area contributed by atoms with Gasteiger partial charge in [-0.25, -0.2) is 4.79 Å². The molecular formula is C18H20N4O. The number of rotatable bonds is 3. The van der Waals surface area contributed by atoms with Crippen molar-refractivity contribution in [3.05, 3.63) is 59.9 Å². The van der Waals surface area contributed by atoms with Gasteiger partial charge >= 0.3 is 6.03 Å². The monoisotopic (exact) mass is 308 g/mol. The van der Waals surface area contributed by atoms with Crippen LogP contribution in [0.4, 0.5) is 10.5 Å². The first-order valence-corrected chi connectivity index (χ1v) is 7.60. The summed E-state index contributed by atoms with van der Waals surface area (Å²) in [6.07, 6.45) is 1.93. The van der Waals surface area contributed by atoms with E-state index in [1.807, 2.05) is 69.6 Å². The van der Waals surface area contributed by atoms with Gasteiger partial charge < -0.3 is 10.6 Å². The van der Waals surface area contributed by atoms with Gasteiger partial charge in [-0.3, -0.25) is 4.68 Å². The Morgan fingerprint density at radius 3 is 2.65 bits per heavy atom. The molecule has 3 rings (SSSR count). The summed E-state index contributed by atoms with van der Waals surface area (Å²) in [5.41, 5.74) is 2.74. The van der Waals surface area contributed by atoms with E-state index in [9.17, 15) is 4.79 Å². The van der Waals surface area contributed by atoms with Crippen molar-refractivity contribution in [2.75, 3.05) is 5.32 Å². The summed E-state index contributed by atoms with van der Waals surface area (Å²) < 4.78 is 1.76. The minimum absolute atomic E-state index is 0.112. The van der Waals surface area contributed by atoms with Crippen LogP contribution in [0.5, 0.6) is 0 Å². The number of urea groups is 1. The van der Waals surface area contributed by atoms with Crippen molar-refractivity contribution in [2.45, 2.75) is 19.9 Å². The Morgan fingerprint density at radius 2 is 1.91 bits per heavy atom. The van der Waals surface area contributed by atoms with Gasteiger partial charge in [-0.05, 0) is 25.3 Å². The standard InChI is InChI=1S/C18H20N4O/c1-12(16-11-22(3)21-13(16)2)19-18(23)20-17-10-6-8-14-7-4-5-9-15(14)17/h4-12H,1-3H3,(H2,19,20,23). The quantitative estimate of drug-likeness (QED) is 0.774. The van der Waals surface area contributed by atoms with Crippen LogP contribution in [0.15, 0.2) is 48.7 Å². The smallest absolute Gasteiger partial charge is 0.319 e. The molecule has 0 saturated heterocycles. The van der Waals surface area contributed by atoms with E-state index in [1.165, 1.54) is 0 Å². The van der Waals surface area contributed by atoms with E-state index in [-0.39, 0.29) is 12.1 Å². The van der Waals surface area contributed by atoms with Crippen LogP contribution in [-0.2, 0) is 7.05 Å². The molecule has 23 heavy (non-hydrogen) atoms. The number of anilines is 1. The number of carbonyl (C=O) groups excluding carboxylic acids is 1. The largest absolute Gasteiger partial charge is 0.331 e. The number of nitrogens with one attached hydrogen (secondary N) is 2. The first-order valence-electron chi connectivity index (χ1n) is 7.60. The summed E-state index contributed by atoms with van der Waals surface area (Å²) in [7, 11) is 1.87. The Balaban J connectivity index is 1.75. The maximum Gasteiger partial charge on any atom is 0.319 e. The number of aryl methyl sites for hydroxylation is 2. The molecule has 1 aromatic heterocycles. The minimum Gasteiger partial charge on any atom is -0.331 e. The van der Waals surface area contributed by atoms with Crippen LogP contribution in [0.3, 0.4) is 0 Å². The highest BCUT2D eigenvalue weighted by atomic mass is 16.2. The molecule has 1 unspecified atom stereocenters. The van der Waals surface area contributed by atoms with Gasteiger partial charge in [0.2, 0.25) is 0 Å². The number of carbonyl (C=O) groups is 1. The van der Waals surface area contributed by atoms with Crippen LogP contribution in [0.1, 0.15) is 24.2 Å². The van der Waals surface area contributed by atoms with Gasteiger partial charge in [-0.1, -0.05) is 36.4 Å². The number of nitrogens with zero attached hydrogens (tertiary/aromatic N) is 2. The molecule has 2 amide bonds. The van der Waals surface area contributed by atoms with Crippen LogP contribution in [-0.4, -0.2) is 15.8 Å². The zero-order chi connectivity index (χ0) is 16.4. The predicted molar refractivity (Wildman–Crippen MR) is 92.5 cm³/mol. The molecule has 0 aliphatic carbocycles. The minimum atomic E-state index is -0.225. The van der Waals surface area contributed by atoms with Crippen molar-refractivity contribution < 1.29 is 4.79 Å². The van der Waals surface area contributed by atoms with Gasteiger partial charge in [0, 0.05) is 24.2 Å². The van der Waals surface area contributed by atoms with E-state index in [4.69, 9.17) is 0 Å². The molecule has 0 bridgehead atoms. The van der Waals surface area contributed by atoms with E-state index < -0.39 is 0 Å². The molecule has 0 saturated carbocycles. The highest BCUT2D eigenvalue weighted by Gasteiger charge is 2.14. The summed E-state index contributed by atoms with van der Waals surface area (Å²) in [6.45, 7) is 3.89. The summed E-state index contributed by atoms with van der Waals surface area (Å²) in [6, 6.07) is 13.5. The molecule has 0 aliphatic rings. The van der Waals surface area contributed by atoms with Crippen LogP contribution in [0.25, 0.3) is 10.8 Å². The second-order valence-electron chi connectivity index (χ2n) is 5.69. The molecular weight excluding hydrogens is 288 g/mol. The average Bonchev–Trinajstić information content (AvgIpc) is 2.86. The molecule has 0 radical (unpaired) electrons. The SMILES string of the molecule is Cc1nn(C)cc1C(C)NC(=O)Nc1cccc2ccccc12. The second-order valence-corrected chi connectivity index (χ2v) is 5.69. The highest BCUT2D eigenvalue weighted by molar-refractivity contribution is 6.01. The topological polar surface area (TPSA) is 59.0 Å². The maximum atomic E-state index is 12.3. The maximum absolute atomic E-state index is 12.3. The van der Waals surface area contributed by atoms with Crippen LogP contribution in [0, 0.1) is 6.92 Å². The lowest BCUT2D eigenvalue weighted by Gasteiger charge is -2.15. The van der Waals surface area contributed by atoms with E-state index >= 15 is 0 Å². The lowest BCUT2D eigenvalue weighted by molar-refractivity contribution is 0.249. The average molecular weight is 308 g/mol. The molecule has 2 N–H and O–H groups in total. The third kappa shape index (κ3) is 3.18. The molecule has 1 atom stereocenters. The molecule has 5 heteroatoms. The van der Waals surface area contributed by atoms with E-state index in [2.05, 4.69) is 15.7 Å².